The van der Waals surface area contributed by atoms with Gasteiger partial charge in [0.05, 0.1) is 19.6 Å². The third-order valence-electron chi connectivity index (χ3n) is 5.89. The Labute approximate surface area is 194 Å². The Morgan fingerprint density at radius 1 is 1.03 bits per heavy atom. The first kappa shape index (κ1) is 22.8. The molecule has 0 spiro atoms. The van der Waals surface area contributed by atoms with Crippen LogP contribution < -0.4 is 9.47 Å². The molecular formula is C26H31N3O4. The highest BCUT2D eigenvalue weighted by molar-refractivity contribution is 5.79. The van der Waals surface area contributed by atoms with Crippen LogP contribution in [0.5, 0.6) is 11.5 Å². The highest BCUT2D eigenvalue weighted by Gasteiger charge is 2.25. The molecule has 7 nitrogen and oxygen atoms in total. The number of likely N-dealkylation sites (tertiary alicyclic amines) is 1. The molecule has 1 aliphatic rings. The molecule has 3 aromatic rings. The smallest absolute Gasteiger partial charge is 0.227 e. The van der Waals surface area contributed by atoms with Crippen molar-refractivity contribution in [1.82, 2.24) is 15.0 Å². The van der Waals surface area contributed by atoms with Crippen molar-refractivity contribution in [2.45, 2.75) is 39.5 Å². The molecule has 33 heavy (non-hydrogen) atoms. The summed E-state index contributed by atoms with van der Waals surface area (Å²) in [6.07, 6.45) is 2.98. The Morgan fingerprint density at radius 3 is 2.48 bits per heavy atom. The summed E-state index contributed by atoms with van der Waals surface area (Å²) in [5.74, 6) is 3.28. The Balaban J connectivity index is 1.29. The van der Waals surface area contributed by atoms with E-state index >= 15 is 0 Å². The average molecular weight is 450 g/mol. The molecule has 2 aromatic carbocycles. The van der Waals surface area contributed by atoms with Crippen LogP contribution in [-0.4, -0.2) is 47.3 Å². The van der Waals surface area contributed by atoms with Gasteiger partial charge in [0, 0.05) is 25.1 Å². The van der Waals surface area contributed by atoms with Crippen molar-refractivity contribution in [1.29, 1.82) is 0 Å². The first-order chi connectivity index (χ1) is 16.2. The number of hydrogen-bond acceptors (Lipinski definition) is 6. The Bertz CT molecular complexity index is 1040. The van der Waals surface area contributed by atoms with Crippen LogP contribution in [0.15, 0.2) is 53.1 Å². The van der Waals surface area contributed by atoms with Crippen LogP contribution in [0.4, 0.5) is 0 Å². The standard InChI is InChI=1S/C26H31N3O4/c1-3-31-22-11-10-20(16-23(22)32-4-2)18-25(30)29-14-12-19(13-15-29)17-24-27-26(28-33-24)21-8-6-5-7-9-21/h5-11,16,19H,3-4,12-15,17-18H2,1-2H3. The number of aromatic nitrogens is 2. The largest absolute Gasteiger partial charge is 0.490 e. The summed E-state index contributed by atoms with van der Waals surface area (Å²) < 4.78 is 16.8. The number of benzene rings is 2. The maximum Gasteiger partial charge on any atom is 0.227 e. The van der Waals surface area contributed by atoms with Gasteiger partial charge in [0.1, 0.15) is 0 Å². The molecule has 0 saturated carbocycles. The van der Waals surface area contributed by atoms with Crippen molar-refractivity contribution in [3.63, 3.8) is 0 Å². The lowest BCUT2D eigenvalue weighted by Gasteiger charge is -2.31. The summed E-state index contributed by atoms with van der Waals surface area (Å²) in [7, 11) is 0. The third kappa shape index (κ3) is 5.92. The monoisotopic (exact) mass is 449 g/mol. The minimum Gasteiger partial charge on any atom is -0.490 e. The second-order valence-electron chi connectivity index (χ2n) is 8.23. The van der Waals surface area contributed by atoms with Gasteiger partial charge in [0.15, 0.2) is 11.5 Å². The van der Waals surface area contributed by atoms with E-state index in [1.54, 1.807) is 0 Å². The number of amides is 1. The van der Waals surface area contributed by atoms with Crippen molar-refractivity contribution in [3.8, 4) is 22.9 Å². The number of carbonyl (C=O) groups excluding carboxylic acids is 1. The number of ether oxygens (including phenoxy) is 2. The van der Waals surface area contributed by atoms with Crippen LogP contribution in [-0.2, 0) is 17.6 Å². The molecule has 1 aromatic heterocycles. The van der Waals surface area contributed by atoms with E-state index in [-0.39, 0.29) is 5.91 Å². The van der Waals surface area contributed by atoms with E-state index in [0.29, 0.717) is 48.8 Å². The van der Waals surface area contributed by atoms with Gasteiger partial charge in [-0.25, -0.2) is 0 Å². The van der Waals surface area contributed by atoms with Gasteiger partial charge < -0.3 is 18.9 Å². The van der Waals surface area contributed by atoms with E-state index in [9.17, 15) is 4.79 Å². The van der Waals surface area contributed by atoms with Gasteiger partial charge in [-0.1, -0.05) is 41.6 Å². The molecule has 0 N–H and O–H groups in total. The van der Waals surface area contributed by atoms with Crippen molar-refractivity contribution in [2.75, 3.05) is 26.3 Å². The molecule has 0 unspecified atom stereocenters. The van der Waals surface area contributed by atoms with Crippen LogP contribution in [0.2, 0.25) is 0 Å². The first-order valence-corrected chi connectivity index (χ1v) is 11.7. The van der Waals surface area contributed by atoms with Gasteiger partial charge in [-0.05, 0) is 50.3 Å². The second-order valence-corrected chi connectivity index (χ2v) is 8.23. The summed E-state index contributed by atoms with van der Waals surface area (Å²) in [5, 5.41) is 4.11. The van der Waals surface area contributed by atoms with Crippen molar-refractivity contribution >= 4 is 5.91 Å². The van der Waals surface area contributed by atoms with Gasteiger partial charge in [0.25, 0.3) is 0 Å². The number of carbonyl (C=O) groups is 1. The summed E-state index contributed by atoms with van der Waals surface area (Å²) in [6.45, 7) is 6.51. The molecule has 174 valence electrons. The predicted molar refractivity (Wildman–Crippen MR) is 125 cm³/mol. The number of rotatable bonds is 9. The molecular weight excluding hydrogens is 418 g/mol. The van der Waals surface area contributed by atoms with E-state index in [2.05, 4.69) is 10.1 Å². The van der Waals surface area contributed by atoms with Gasteiger partial charge in [-0.2, -0.15) is 4.98 Å². The fourth-order valence-electron chi connectivity index (χ4n) is 4.17. The van der Waals surface area contributed by atoms with E-state index in [1.807, 2.05) is 67.3 Å². The topological polar surface area (TPSA) is 77.7 Å². The highest BCUT2D eigenvalue weighted by atomic mass is 16.5. The summed E-state index contributed by atoms with van der Waals surface area (Å²) in [6, 6.07) is 15.6. The van der Waals surface area contributed by atoms with E-state index in [4.69, 9.17) is 14.0 Å². The fraction of sp³-hybridized carbons (Fsp3) is 0.423. The molecule has 4 rings (SSSR count). The van der Waals surface area contributed by atoms with Crippen LogP contribution >= 0.6 is 0 Å². The van der Waals surface area contributed by atoms with Gasteiger partial charge in [-0.3, -0.25) is 4.79 Å². The fourth-order valence-corrected chi connectivity index (χ4v) is 4.17. The van der Waals surface area contributed by atoms with Gasteiger partial charge >= 0.3 is 0 Å². The Hall–Kier alpha value is -3.35. The SMILES string of the molecule is CCOc1ccc(CC(=O)N2CCC(Cc3nc(-c4ccccc4)no3)CC2)cc1OCC. The predicted octanol–water partition coefficient (Wildman–Crippen LogP) is 4.56. The Morgan fingerprint density at radius 2 is 1.76 bits per heavy atom. The summed E-state index contributed by atoms with van der Waals surface area (Å²) in [4.78, 5) is 19.4. The zero-order valence-electron chi connectivity index (χ0n) is 19.3. The number of hydrogen-bond donors (Lipinski definition) is 0. The lowest BCUT2D eigenvalue weighted by molar-refractivity contribution is -0.131. The maximum absolute atomic E-state index is 12.9. The van der Waals surface area contributed by atoms with E-state index < -0.39 is 0 Å². The molecule has 0 atom stereocenters. The molecule has 2 heterocycles. The summed E-state index contributed by atoms with van der Waals surface area (Å²) >= 11 is 0. The van der Waals surface area contributed by atoms with Crippen molar-refractivity contribution in [3.05, 3.63) is 60.0 Å². The van der Waals surface area contributed by atoms with Crippen LogP contribution in [0.1, 0.15) is 38.1 Å². The quantitative estimate of drug-likeness (QED) is 0.477. The van der Waals surface area contributed by atoms with Crippen molar-refractivity contribution < 1.29 is 18.8 Å². The molecule has 1 saturated heterocycles. The Kier molecular flexibility index (Phi) is 7.60. The normalized spacial score (nSPS) is 14.3. The molecule has 1 amide bonds. The first-order valence-electron chi connectivity index (χ1n) is 11.7. The van der Waals surface area contributed by atoms with Gasteiger partial charge in [0.2, 0.25) is 17.6 Å². The molecule has 0 radical (unpaired) electrons. The minimum absolute atomic E-state index is 0.143. The maximum atomic E-state index is 12.9. The molecule has 1 fully saturated rings. The molecule has 0 bridgehead atoms. The van der Waals surface area contributed by atoms with E-state index in [1.165, 1.54) is 0 Å². The average Bonchev–Trinajstić information content (AvgIpc) is 3.30. The zero-order chi connectivity index (χ0) is 23.0. The number of piperidine rings is 1. The lowest BCUT2D eigenvalue weighted by atomic mass is 9.93. The highest BCUT2D eigenvalue weighted by Crippen LogP contribution is 2.29. The van der Waals surface area contributed by atoms with E-state index in [0.717, 1.165) is 43.5 Å². The van der Waals surface area contributed by atoms with Crippen molar-refractivity contribution in [2.24, 2.45) is 5.92 Å². The molecule has 0 aliphatic carbocycles. The van der Waals surface area contributed by atoms with Crippen LogP contribution in [0, 0.1) is 5.92 Å². The van der Waals surface area contributed by atoms with Gasteiger partial charge in [-0.15, -0.1) is 0 Å². The molecule has 7 heteroatoms. The summed E-state index contributed by atoms with van der Waals surface area (Å²) in [5.41, 5.74) is 1.89. The lowest BCUT2D eigenvalue weighted by Crippen LogP contribution is -2.39. The molecule has 1 aliphatic heterocycles. The minimum atomic E-state index is 0.143. The zero-order valence-corrected chi connectivity index (χ0v) is 19.3. The third-order valence-corrected chi connectivity index (χ3v) is 5.89. The van der Waals surface area contributed by atoms with Crippen LogP contribution in [0.3, 0.4) is 0 Å². The number of nitrogens with zero attached hydrogens (tertiary/aromatic N) is 3. The van der Waals surface area contributed by atoms with Crippen LogP contribution in [0.25, 0.3) is 11.4 Å². The second kappa shape index (κ2) is 11.0.